The Balaban J connectivity index is 1.75. The molecule has 1 aromatic rings. The van der Waals surface area contributed by atoms with Crippen molar-refractivity contribution in [3.05, 3.63) is 22.4 Å². The van der Waals surface area contributed by atoms with Gasteiger partial charge >= 0.3 is 0 Å². The minimum atomic E-state index is 0.0733. The maximum Gasteiger partial charge on any atom is 0.238 e. The van der Waals surface area contributed by atoms with Crippen LogP contribution in [-0.2, 0) is 4.79 Å². The summed E-state index contributed by atoms with van der Waals surface area (Å²) in [5.74, 6) is 1.04. The lowest BCUT2D eigenvalue weighted by molar-refractivity contribution is -0.137. The molecule has 0 radical (unpaired) electrons. The molecule has 1 aliphatic heterocycles. The Morgan fingerprint density at radius 2 is 2.19 bits per heavy atom. The average molecular weight is 304 g/mol. The number of nitrogens with one attached hydrogen (secondary N) is 1. The SMILES string of the molecule is CC12CCC(C1)C(C)(C)C2N1C(=O)CNC1c1ccsc1. The van der Waals surface area contributed by atoms with Crippen LogP contribution in [-0.4, -0.2) is 23.4 Å². The van der Waals surface area contributed by atoms with Gasteiger partial charge in [0.15, 0.2) is 0 Å². The van der Waals surface area contributed by atoms with Crippen LogP contribution in [0.15, 0.2) is 16.8 Å². The third-order valence-electron chi connectivity index (χ3n) is 6.34. The number of carbonyl (C=O) groups is 1. The van der Waals surface area contributed by atoms with Gasteiger partial charge in [0, 0.05) is 6.04 Å². The first kappa shape index (κ1) is 13.8. The Labute approximate surface area is 130 Å². The first-order chi connectivity index (χ1) is 9.93. The molecule has 4 rings (SSSR count). The maximum absolute atomic E-state index is 12.6. The van der Waals surface area contributed by atoms with Crippen molar-refractivity contribution in [3.8, 4) is 0 Å². The van der Waals surface area contributed by atoms with Gasteiger partial charge in [0.05, 0.1) is 6.54 Å². The van der Waals surface area contributed by atoms with E-state index in [1.807, 2.05) is 0 Å². The van der Waals surface area contributed by atoms with Crippen LogP contribution in [0.3, 0.4) is 0 Å². The molecule has 1 aromatic heterocycles. The van der Waals surface area contributed by atoms with Crippen LogP contribution in [0.5, 0.6) is 0 Å². The van der Waals surface area contributed by atoms with Gasteiger partial charge in [0.1, 0.15) is 6.17 Å². The maximum atomic E-state index is 12.6. The van der Waals surface area contributed by atoms with Gasteiger partial charge in [0.25, 0.3) is 0 Å². The number of hydrogen-bond donors (Lipinski definition) is 1. The lowest BCUT2D eigenvalue weighted by Crippen LogP contribution is -2.54. The van der Waals surface area contributed by atoms with Gasteiger partial charge in [-0.25, -0.2) is 0 Å². The topological polar surface area (TPSA) is 32.3 Å². The monoisotopic (exact) mass is 304 g/mol. The molecular formula is C17H24N2OS. The summed E-state index contributed by atoms with van der Waals surface area (Å²) >= 11 is 1.71. The highest BCUT2D eigenvalue weighted by Gasteiger charge is 2.63. The smallest absolute Gasteiger partial charge is 0.238 e. The van der Waals surface area contributed by atoms with Crippen molar-refractivity contribution >= 4 is 17.2 Å². The van der Waals surface area contributed by atoms with Crippen molar-refractivity contribution in [2.75, 3.05) is 6.54 Å². The van der Waals surface area contributed by atoms with E-state index in [1.54, 1.807) is 11.3 Å². The van der Waals surface area contributed by atoms with E-state index in [1.165, 1.54) is 24.8 Å². The molecule has 3 fully saturated rings. The second-order valence-corrected chi connectivity index (χ2v) is 8.74. The summed E-state index contributed by atoms with van der Waals surface area (Å²) in [5, 5.41) is 7.71. The van der Waals surface area contributed by atoms with Crippen LogP contribution >= 0.6 is 11.3 Å². The molecular weight excluding hydrogens is 280 g/mol. The summed E-state index contributed by atoms with van der Waals surface area (Å²) in [6, 6.07) is 2.51. The Bertz CT molecular complexity index is 563. The zero-order chi connectivity index (χ0) is 14.8. The highest BCUT2D eigenvalue weighted by Crippen LogP contribution is 2.65. The van der Waals surface area contributed by atoms with Gasteiger partial charge < -0.3 is 4.90 Å². The number of amides is 1. The number of rotatable bonds is 2. The third kappa shape index (κ3) is 1.78. The predicted octanol–water partition coefficient (Wildman–Crippen LogP) is 3.39. The standard InChI is InChI=1S/C17H24N2OS/c1-16(2)12-4-6-17(3,8-12)15(16)19-13(20)9-18-14(19)11-5-7-21-10-11/h5,7,10,12,14-15,18H,4,6,8-9H2,1-3H3. The summed E-state index contributed by atoms with van der Waals surface area (Å²) in [7, 11) is 0. The Hall–Kier alpha value is -0.870. The van der Waals surface area contributed by atoms with Crippen LogP contribution < -0.4 is 5.32 Å². The fourth-order valence-electron chi connectivity index (χ4n) is 5.49. The Morgan fingerprint density at radius 3 is 2.81 bits per heavy atom. The van der Waals surface area contributed by atoms with E-state index in [-0.39, 0.29) is 17.5 Å². The van der Waals surface area contributed by atoms with Gasteiger partial charge in [-0.15, -0.1) is 0 Å². The van der Waals surface area contributed by atoms with Gasteiger partial charge in [-0.2, -0.15) is 11.3 Å². The van der Waals surface area contributed by atoms with Crippen molar-refractivity contribution < 1.29 is 4.79 Å². The van der Waals surface area contributed by atoms with E-state index in [2.05, 4.69) is 47.8 Å². The molecule has 4 unspecified atom stereocenters. The quantitative estimate of drug-likeness (QED) is 0.908. The Morgan fingerprint density at radius 1 is 1.38 bits per heavy atom. The second kappa shape index (κ2) is 4.32. The molecule has 4 heteroatoms. The first-order valence-electron chi connectivity index (χ1n) is 8.00. The van der Waals surface area contributed by atoms with Gasteiger partial charge in [-0.3, -0.25) is 10.1 Å². The van der Waals surface area contributed by atoms with Crippen LogP contribution in [0.1, 0.15) is 51.8 Å². The number of carbonyl (C=O) groups excluding carboxylic acids is 1. The molecule has 21 heavy (non-hydrogen) atoms. The van der Waals surface area contributed by atoms with E-state index in [9.17, 15) is 4.79 Å². The summed E-state index contributed by atoms with van der Waals surface area (Å²) in [6.07, 6.45) is 3.96. The van der Waals surface area contributed by atoms with Crippen molar-refractivity contribution in [2.45, 2.75) is 52.2 Å². The van der Waals surface area contributed by atoms with Gasteiger partial charge in [-0.05, 0) is 58.4 Å². The third-order valence-corrected chi connectivity index (χ3v) is 7.05. The lowest BCUT2D eigenvalue weighted by Gasteiger charge is -2.49. The molecule has 3 nitrogen and oxygen atoms in total. The summed E-state index contributed by atoms with van der Waals surface area (Å²) in [6.45, 7) is 7.64. The molecule has 2 heterocycles. The molecule has 2 saturated carbocycles. The van der Waals surface area contributed by atoms with Crippen LogP contribution in [0.4, 0.5) is 0 Å². The predicted molar refractivity (Wildman–Crippen MR) is 84.9 cm³/mol. The molecule has 0 spiro atoms. The number of hydrogen-bond acceptors (Lipinski definition) is 3. The minimum absolute atomic E-state index is 0.0733. The molecule has 2 aliphatic carbocycles. The molecule has 1 saturated heterocycles. The largest absolute Gasteiger partial charge is 0.318 e. The molecule has 1 N–H and O–H groups in total. The van der Waals surface area contributed by atoms with E-state index >= 15 is 0 Å². The number of nitrogens with zero attached hydrogens (tertiary/aromatic N) is 1. The average Bonchev–Trinajstić information content (AvgIpc) is 3.13. The van der Waals surface area contributed by atoms with E-state index in [0.717, 1.165) is 5.92 Å². The molecule has 1 amide bonds. The van der Waals surface area contributed by atoms with Crippen LogP contribution in [0, 0.1) is 16.7 Å². The highest BCUT2D eigenvalue weighted by molar-refractivity contribution is 7.07. The van der Waals surface area contributed by atoms with Gasteiger partial charge in [0.2, 0.25) is 5.91 Å². The molecule has 0 aromatic carbocycles. The van der Waals surface area contributed by atoms with E-state index < -0.39 is 0 Å². The zero-order valence-corrected chi connectivity index (χ0v) is 13.9. The van der Waals surface area contributed by atoms with Crippen LogP contribution in [0.2, 0.25) is 0 Å². The fourth-order valence-corrected chi connectivity index (χ4v) is 6.17. The number of fused-ring (bicyclic) bond motifs is 2. The van der Waals surface area contributed by atoms with Gasteiger partial charge in [-0.1, -0.05) is 20.8 Å². The van der Waals surface area contributed by atoms with Crippen molar-refractivity contribution in [1.82, 2.24) is 10.2 Å². The van der Waals surface area contributed by atoms with E-state index in [0.29, 0.717) is 18.0 Å². The Kier molecular flexibility index (Phi) is 2.84. The zero-order valence-electron chi connectivity index (χ0n) is 13.1. The number of thiophene rings is 1. The molecule has 2 bridgehead atoms. The summed E-state index contributed by atoms with van der Waals surface area (Å²) in [4.78, 5) is 14.8. The fraction of sp³-hybridized carbons (Fsp3) is 0.706. The minimum Gasteiger partial charge on any atom is -0.318 e. The van der Waals surface area contributed by atoms with Crippen molar-refractivity contribution in [2.24, 2.45) is 16.7 Å². The second-order valence-electron chi connectivity index (χ2n) is 7.96. The van der Waals surface area contributed by atoms with Crippen LogP contribution in [0.25, 0.3) is 0 Å². The normalized spacial score (nSPS) is 41.2. The lowest BCUT2D eigenvalue weighted by atomic mass is 9.67. The molecule has 3 aliphatic rings. The molecule has 4 atom stereocenters. The van der Waals surface area contributed by atoms with E-state index in [4.69, 9.17) is 0 Å². The first-order valence-corrected chi connectivity index (χ1v) is 8.94. The van der Waals surface area contributed by atoms with Crippen molar-refractivity contribution in [3.63, 3.8) is 0 Å². The highest BCUT2D eigenvalue weighted by atomic mass is 32.1. The summed E-state index contributed by atoms with van der Waals surface area (Å²) < 4.78 is 0. The molecule has 114 valence electrons. The van der Waals surface area contributed by atoms with Crippen molar-refractivity contribution in [1.29, 1.82) is 0 Å². The summed E-state index contributed by atoms with van der Waals surface area (Å²) in [5.41, 5.74) is 1.76.